The molecule has 1 saturated heterocycles. The molecule has 0 unspecified atom stereocenters. The van der Waals surface area contributed by atoms with Crippen molar-refractivity contribution in [3.8, 4) is 0 Å². The molecule has 1 aliphatic carbocycles. The maximum absolute atomic E-state index is 12.6. The molecule has 1 aliphatic heterocycles. The molecular weight excluding hydrogens is 336 g/mol. The van der Waals surface area contributed by atoms with Crippen LogP contribution >= 0.6 is 0 Å². The number of carboxylic acid groups (broad SMARTS) is 1. The van der Waals surface area contributed by atoms with Gasteiger partial charge >= 0.3 is 6.09 Å². The number of hydrogen-bond acceptors (Lipinski definition) is 3. The molecule has 1 amide bonds. The second-order valence-corrected chi connectivity index (χ2v) is 12.2. The van der Waals surface area contributed by atoms with Gasteiger partial charge in [-0.3, -0.25) is 0 Å². The number of amides is 1. The van der Waals surface area contributed by atoms with Crippen molar-refractivity contribution < 1.29 is 14.5 Å². The summed E-state index contributed by atoms with van der Waals surface area (Å²) >= 11 is -1.08. The van der Waals surface area contributed by atoms with Gasteiger partial charge < -0.3 is 14.6 Å². The number of carbonyl (C=O) groups is 1. The summed E-state index contributed by atoms with van der Waals surface area (Å²) in [5.74, 6) is 0. The van der Waals surface area contributed by atoms with E-state index in [0.29, 0.717) is 13.1 Å². The molecule has 25 heavy (non-hydrogen) atoms. The molecule has 2 aliphatic rings. The molecule has 146 valence electrons. The molecular formula is C19H36N2O3S. The minimum absolute atomic E-state index is 0.0965. The predicted octanol–water partition coefficient (Wildman–Crippen LogP) is 4.01. The van der Waals surface area contributed by atoms with Gasteiger partial charge in [0.2, 0.25) is 0 Å². The number of likely N-dealkylation sites (tertiary alicyclic amines) is 1. The normalized spacial score (nSPS) is 25.4. The monoisotopic (exact) mass is 372 g/mol. The van der Waals surface area contributed by atoms with Gasteiger partial charge in [0.25, 0.3) is 0 Å². The largest absolute Gasteiger partial charge is 0.598 e. The van der Waals surface area contributed by atoms with E-state index >= 15 is 0 Å². The fourth-order valence-electron chi connectivity index (χ4n) is 4.75. The van der Waals surface area contributed by atoms with E-state index in [1.54, 1.807) is 4.90 Å². The van der Waals surface area contributed by atoms with Gasteiger partial charge in [-0.25, -0.2) is 4.79 Å². The van der Waals surface area contributed by atoms with Crippen molar-refractivity contribution in [1.82, 2.24) is 9.62 Å². The molecule has 2 N–H and O–H groups in total. The lowest BCUT2D eigenvalue weighted by Crippen LogP contribution is -2.65. The first-order chi connectivity index (χ1) is 11.2. The highest BCUT2D eigenvalue weighted by molar-refractivity contribution is 7.90. The highest BCUT2D eigenvalue weighted by atomic mass is 32.2. The molecule has 0 radical (unpaired) electrons. The van der Waals surface area contributed by atoms with Crippen LogP contribution in [0.15, 0.2) is 0 Å². The predicted molar refractivity (Wildman–Crippen MR) is 103 cm³/mol. The van der Waals surface area contributed by atoms with Crippen molar-refractivity contribution in [3.05, 3.63) is 0 Å². The molecule has 1 spiro atoms. The number of piperidine rings is 1. The van der Waals surface area contributed by atoms with Crippen molar-refractivity contribution in [1.29, 1.82) is 0 Å². The Hall–Kier alpha value is -0.460. The van der Waals surface area contributed by atoms with Crippen LogP contribution < -0.4 is 4.72 Å². The van der Waals surface area contributed by atoms with E-state index in [1.807, 2.05) is 20.8 Å². The Kier molecular flexibility index (Phi) is 5.51. The second-order valence-electron chi connectivity index (χ2n) is 10.2. The van der Waals surface area contributed by atoms with Crippen molar-refractivity contribution >= 4 is 17.5 Å². The third-order valence-electron chi connectivity index (χ3n) is 6.64. The first-order valence-corrected chi connectivity index (χ1v) is 10.5. The van der Waals surface area contributed by atoms with E-state index in [9.17, 15) is 14.5 Å². The van der Waals surface area contributed by atoms with E-state index in [4.69, 9.17) is 0 Å². The Balaban J connectivity index is 2.09. The smallest absolute Gasteiger partial charge is 0.407 e. The third-order valence-corrected chi connectivity index (χ3v) is 8.32. The Morgan fingerprint density at radius 3 is 2.00 bits per heavy atom. The standard InChI is InChI=1S/C19H36N2O3S/c1-14(20-25(24)17(5,6)7)19(16(2,3)4)12-18(13-19)8-10-21(11-9-18)15(22)23/h14,20H,8-13H2,1-7H3,(H,22,23)/t14-,25+/m0/s1. The number of rotatable bonds is 3. The Bertz CT molecular complexity index is 494. The van der Waals surface area contributed by atoms with Crippen LogP contribution in [0.25, 0.3) is 0 Å². The van der Waals surface area contributed by atoms with E-state index in [1.165, 1.54) is 0 Å². The summed E-state index contributed by atoms with van der Waals surface area (Å²) in [5, 5.41) is 9.18. The summed E-state index contributed by atoms with van der Waals surface area (Å²) < 4.78 is 15.7. The van der Waals surface area contributed by atoms with Gasteiger partial charge in [-0.15, -0.1) is 4.72 Å². The van der Waals surface area contributed by atoms with E-state index in [-0.39, 0.29) is 27.0 Å². The lowest BCUT2D eigenvalue weighted by atomic mass is 9.41. The minimum atomic E-state index is -1.08. The highest BCUT2D eigenvalue weighted by Crippen LogP contribution is 2.67. The third kappa shape index (κ3) is 3.96. The molecule has 1 heterocycles. The fourth-order valence-corrected chi connectivity index (χ4v) is 5.65. The molecule has 0 aromatic heterocycles. The quantitative estimate of drug-likeness (QED) is 0.734. The second kappa shape index (κ2) is 6.61. The lowest BCUT2D eigenvalue weighted by Gasteiger charge is -2.66. The summed E-state index contributed by atoms with van der Waals surface area (Å²) in [5.41, 5.74) is 0.467. The van der Waals surface area contributed by atoms with Crippen LogP contribution in [0.1, 0.15) is 74.1 Å². The zero-order chi connectivity index (χ0) is 19.3. The minimum Gasteiger partial charge on any atom is -0.598 e. The average Bonchev–Trinajstić information content (AvgIpc) is 2.41. The summed E-state index contributed by atoms with van der Waals surface area (Å²) in [6.07, 6.45) is 3.28. The summed E-state index contributed by atoms with van der Waals surface area (Å²) in [7, 11) is 0. The van der Waals surface area contributed by atoms with Gasteiger partial charge in [0.05, 0.1) is 6.04 Å². The van der Waals surface area contributed by atoms with Crippen molar-refractivity contribution in [2.75, 3.05) is 13.1 Å². The molecule has 0 aromatic rings. The number of hydrogen-bond donors (Lipinski definition) is 2. The van der Waals surface area contributed by atoms with Crippen LogP contribution in [0, 0.1) is 16.2 Å². The molecule has 2 fully saturated rings. The van der Waals surface area contributed by atoms with E-state index in [0.717, 1.165) is 25.7 Å². The van der Waals surface area contributed by atoms with Crippen molar-refractivity contribution in [2.45, 2.75) is 84.9 Å². The van der Waals surface area contributed by atoms with Gasteiger partial charge in [-0.2, -0.15) is 0 Å². The molecule has 0 aromatic carbocycles. The first kappa shape index (κ1) is 20.8. The molecule has 5 nitrogen and oxygen atoms in total. The summed E-state index contributed by atoms with van der Waals surface area (Å²) in [6.45, 7) is 16.3. The molecule has 1 saturated carbocycles. The van der Waals surface area contributed by atoms with Crippen LogP contribution in [0.5, 0.6) is 0 Å². The van der Waals surface area contributed by atoms with Crippen LogP contribution in [0.3, 0.4) is 0 Å². The molecule has 2 atom stereocenters. The first-order valence-electron chi connectivity index (χ1n) is 9.38. The van der Waals surface area contributed by atoms with Crippen LogP contribution in [-0.2, 0) is 11.4 Å². The summed E-state index contributed by atoms with van der Waals surface area (Å²) in [6, 6.07) is 0.163. The van der Waals surface area contributed by atoms with Crippen molar-refractivity contribution in [3.63, 3.8) is 0 Å². The maximum atomic E-state index is 12.6. The van der Waals surface area contributed by atoms with E-state index in [2.05, 4.69) is 32.4 Å². The van der Waals surface area contributed by atoms with Gasteiger partial charge in [0.1, 0.15) is 4.75 Å². The zero-order valence-electron chi connectivity index (χ0n) is 16.9. The Labute approximate surface area is 156 Å². The van der Waals surface area contributed by atoms with Crippen LogP contribution in [0.2, 0.25) is 0 Å². The topological polar surface area (TPSA) is 75.6 Å². The Morgan fingerprint density at radius 2 is 1.64 bits per heavy atom. The van der Waals surface area contributed by atoms with Gasteiger partial charge in [0, 0.05) is 24.5 Å². The average molecular weight is 373 g/mol. The SMILES string of the molecule is C[C@H](N[S@+]([O-])C(C)(C)C)C1(C(C)(C)C)CC2(CCN(C(=O)O)CC2)C1. The van der Waals surface area contributed by atoms with Gasteiger partial charge in [-0.1, -0.05) is 20.8 Å². The Morgan fingerprint density at radius 1 is 1.16 bits per heavy atom. The molecule has 6 heteroatoms. The van der Waals surface area contributed by atoms with Gasteiger partial charge in [0.15, 0.2) is 0 Å². The van der Waals surface area contributed by atoms with Crippen molar-refractivity contribution in [2.24, 2.45) is 16.2 Å². The van der Waals surface area contributed by atoms with E-state index < -0.39 is 17.5 Å². The molecule has 2 rings (SSSR count). The number of nitrogens with zero attached hydrogens (tertiary/aromatic N) is 1. The zero-order valence-corrected chi connectivity index (χ0v) is 17.8. The number of nitrogens with one attached hydrogen (secondary N) is 1. The van der Waals surface area contributed by atoms with Crippen LogP contribution in [0.4, 0.5) is 4.79 Å². The fraction of sp³-hybridized carbons (Fsp3) is 0.947. The molecule has 0 bridgehead atoms. The maximum Gasteiger partial charge on any atom is 0.407 e. The van der Waals surface area contributed by atoms with Gasteiger partial charge in [-0.05, 0) is 69.6 Å². The highest BCUT2D eigenvalue weighted by Gasteiger charge is 2.62. The van der Waals surface area contributed by atoms with Crippen LogP contribution in [-0.4, -0.2) is 44.5 Å². The summed E-state index contributed by atoms with van der Waals surface area (Å²) in [4.78, 5) is 12.7. The lowest BCUT2D eigenvalue weighted by molar-refractivity contribution is -0.150.